The zero-order chi connectivity index (χ0) is 18.4. The number of ether oxygens (including phenoxy) is 1. The van der Waals surface area contributed by atoms with Crippen LogP contribution in [0.5, 0.6) is 0 Å². The molecule has 0 bridgehead atoms. The largest absolute Gasteiger partial charge is 0.460 e. The van der Waals surface area contributed by atoms with Crippen LogP contribution in [0.3, 0.4) is 0 Å². The first-order chi connectivity index (χ1) is 12.7. The quantitative estimate of drug-likeness (QED) is 0.332. The molecule has 6 heteroatoms. The summed E-state index contributed by atoms with van der Waals surface area (Å²) >= 11 is 0. The molecule has 0 amide bonds. The van der Waals surface area contributed by atoms with Crippen molar-refractivity contribution in [3.05, 3.63) is 93.5 Å². The number of benzene rings is 2. The van der Waals surface area contributed by atoms with Crippen molar-refractivity contribution in [2.75, 3.05) is 0 Å². The first-order valence-electron chi connectivity index (χ1n) is 8.01. The molecule has 1 heterocycles. The summed E-state index contributed by atoms with van der Waals surface area (Å²) in [7, 11) is 0. The summed E-state index contributed by atoms with van der Waals surface area (Å²) in [6.07, 6.45) is 3.81. The number of aliphatic imine (C=N–C) groups is 1. The Morgan fingerprint density at radius 2 is 1.92 bits per heavy atom. The first-order valence-corrected chi connectivity index (χ1v) is 8.01. The maximum absolute atomic E-state index is 11.3. The van der Waals surface area contributed by atoms with Crippen LogP contribution in [0.1, 0.15) is 18.1 Å². The van der Waals surface area contributed by atoms with Crippen LogP contribution in [-0.2, 0) is 9.53 Å². The van der Waals surface area contributed by atoms with Gasteiger partial charge in [0.2, 0.25) is 5.90 Å². The molecule has 1 unspecified atom stereocenters. The molecule has 0 fully saturated rings. The molecule has 0 saturated carbocycles. The molecule has 0 spiro atoms. The molecule has 26 heavy (non-hydrogen) atoms. The highest BCUT2D eigenvalue weighted by Crippen LogP contribution is 2.23. The number of hydrogen-bond donors (Lipinski definition) is 0. The molecule has 0 radical (unpaired) electrons. The molecule has 3 rings (SSSR count). The standard InChI is InChI=1S/C20H16N4O2/c1-14(11-15-7-9-17(10-8-15)23-24-21)12-18-19(13-25)26-20(22-18)16-5-3-2-4-6-16/h2-13,19H,1H3. The van der Waals surface area contributed by atoms with Gasteiger partial charge >= 0.3 is 0 Å². The van der Waals surface area contributed by atoms with Crippen LogP contribution in [0.15, 0.2) is 82.1 Å². The summed E-state index contributed by atoms with van der Waals surface area (Å²) in [5, 5.41) is 3.54. The van der Waals surface area contributed by atoms with Crippen LogP contribution in [0.2, 0.25) is 0 Å². The summed E-state index contributed by atoms with van der Waals surface area (Å²) in [5.41, 5.74) is 12.3. The van der Waals surface area contributed by atoms with Crippen LogP contribution in [0.25, 0.3) is 16.5 Å². The van der Waals surface area contributed by atoms with Crippen LogP contribution in [0, 0.1) is 0 Å². The van der Waals surface area contributed by atoms with Gasteiger partial charge in [-0.15, -0.1) is 0 Å². The Morgan fingerprint density at radius 3 is 2.58 bits per heavy atom. The van der Waals surface area contributed by atoms with Gasteiger partial charge in [-0.2, -0.15) is 0 Å². The van der Waals surface area contributed by atoms with E-state index in [0.717, 1.165) is 23.0 Å². The van der Waals surface area contributed by atoms with Crippen LogP contribution in [-0.4, -0.2) is 18.3 Å². The van der Waals surface area contributed by atoms with Crippen LogP contribution >= 0.6 is 0 Å². The van der Waals surface area contributed by atoms with Crippen molar-refractivity contribution in [3.63, 3.8) is 0 Å². The van der Waals surface area contributed by atoms with Gasteiger partial charge in [-0.3, -0.25) is 4.79 Å². The fourth-order valence-electron chi connectivity index (χ4n) is 2.54. The predicted octanol–water partition coefficient (Wildman–Crippen LogP) is 4.96. The fourth-order valence-corrected chi connectivity index (χ4v) is 2.54. The van der Waals surface area contributed by atoms with Gasteiger partial charge in [-0.1, -0.05) is 53.7 Å². The van der Waals surface area contributed by atoms with Crippen molar-refractivity contribution in [2.24, 2.45) is 10.1 Å². The number of aldehydes is 1. The van der Waals surface area contributed by atoms with E-state index in [9.17, 15) is 4.79 Å². The normalized spacial score (nSPS) is 18.0. The summed E-state index contributed by atoms with van der Waals surface area (Å²) in [5.74, 6) is 0.445. The number of carbonyl (C=O) groups excluding carboxylic acids is 1. The van der Waals surface area contributed by atoms with E-state index in [1.165, 1.54) is 0 Å². The lowest BCUT2D eigenvalue weighted by atomic mass is 10.1. The van der Waals surface area contributed by atoms with Gasteiger partial charge in [-0.05, 0) is 41.8 Å². The molecule has 0 saturated heterocycles. The molecule has 128 valence electrons. The first kappa shape index (κ1) is 17.2. The SMILES string of the molecule is CC(=Cc1ccc(N=[N+]=[N-])cc1)C=C1N=C(c2ccccc2)OC1C=O. The lowest BCUT2D eigenvalue weighted by Gasteiger charge is -2.05. The van der Waals surface area contributed by atoms with Crippen molar-refractivity contribution in [3.8, 4) is 0 Å². The molecule has 0 aromatic heterocycles. The molecular formula is C20H16N4O2. The van der Waals surface area contributed by atoms with E-state index in [1.54, 1.807) is 12.1 Å². The monoisotopic (exact) mass is 344 g/mol. The number of allylic oxidation sites excluding steroid dienone is 2. The fraction of sp³-hybridized carbons (Fsp3) is 0.100. The average Bonchev–Trinajstić information content (AvgIpc) is 3.07. The zero-order valence-corrected chi connectivity index (χ0v) is 14.1. The van der Waals surface area contributed by atoms with Crippen molar-refractivity contribution in [1.29, 1.82) is 0 Å². The third kappa shape index (κ3) is 4.06. The molecule has 1 aliphatic heterocycles. The lowest BCUT2D eigenvalue weighted by Crippen LogP contribution is -2.13. The van der Waals surface area contributed by atoms with E-state index in [4.69, 9.17) is 10.3 Å². The van der Waals surface area contributed by atoms with Gasteiger partial charge in [0.1, 0.15) is 0 Å². The lowest BCUT2D eigenvalue weighted by molar-refractivity contribution is -0.112. The van der Waals surface area contributed by atoms with E-state index in [-0.39, 0.29) is 0 Å². The molecule has 1 aliphatic rings. The molecular weight excluding hydrogens is 328 g/mol. The van der Waals surface area contributed by atoms with Crippen molar-refractivity contribution in [2.45, 2.75) is 13.0 Å². The third-order valence-corrected chi connectivity index (χ3v) is 3.73. The second-order valence-corrected chi connectivity index (χ2v) is 5.70. The summed E-state index contributed by atoms with van der Waals surface area (Å²) in [6, 6.07) is 16.7. The minimum atomic E-state index is -0.708. The number of carbonyl (C=O) groups is 1. The van der Waals surface area contributed by atoms with Gasteiger partial charge in [0.15, 0.2) is 12.4 Å². The van der Waals surface area contributed by atoms with Gasteiger partial charge in [-0.25, -0.2) is 4.99 Å². The van der Waals surface area contributed by atoms with E-state index in [2.05, 4.69) is 15.0 Å². The van der Waals surface area contributed by atoms with Crippen LogP contribution < -0.4 is 0 Å². The van der Waals surface area contributed by atoms with Crippen molar-refractivity contribution < 1.29 is 9.53 Å². The van der Waals surface area contributed by atoms with E-state index in [1.807, 2.05) is 61.5 Å². The zero-order valence-electron chi connectivity index (χ0n) is 14.1. The summed E-state index contributed by atoms with van der Waals surface area (Å²) in [4.78, 5) is 18.5. The summed E-state index contributed by atoms with van der Waals surface area (Å²) in [6.45, 7) is 1.92. The number of azide groups is 1. The minimum Gasteiger partial charge on any atom is -0.460 e. The van der Waals surface area contributed by atoms with E-state index in [0.29, 0.717) is 17.3 Å². The van der Waals surface area contributed by atoms with Gasteiger partial charge in [0.25, 0.3) is 0 Å². The predicted molar refractivity (Wildman–Crippen MR) is 101 cm³/mol. The minimum absolute atomic E-state index is 0.445. The second-order valence-electron chi connectivity index (χ2n) is 5.70. The topological polar surface area (TPSA) is 87.4 Å². The smallest absolute Gasteiger partial charge is 0.222 e. The van der Waals surface area contributed by atoms with Crippen molar-refractivity contribution in [1.82, 2.24) is 0 Å². The van der Waals surface area contributed by atoms with Crippen molar-refractivity contribution >= 4 is 23.9 Å². The summed E-state index contributed by atoms with van der Waals surface area (Å²) < 4.78 is 5.64. The Bertz CT molecular complexity index is 938. The molecule has 2 aromatic carbocycles. The molecule has 1 atom stereocenters. The second kappa shape index (κ2) is 7.96. The van der Waals surface area contributed by atoms with Gasteiger partial charge in [0, 0.05) is 16.2 Å². The third-order valence-electron chi connectivity index (χ3n) is 3.73. The molecule has 0 N–H and O–H groups in total. The number of rotatable bonds is 5. The maximum atomic E-state index is 11.3. The van der Waals surface area contributed by atoms with Gasteiger partial charge < -0.3 is 4.74 Å². The Morgan fingerprint density at radius 1 is 1.19 bits per heavy atom. The Hall–Kier alpha value is -3.63. The van der Waals surface area contributed by atoms with Gasteiger partial charge in [0.05, 0.1) is 5.70 Å². The highest BCUT2D eigenvalue weighted by molar-refractivity contribution is 5.98. The molecule has 0 aliphatic carbocycles. The average molecular weight is 344 g/mol. The number of nitrogens with zero attached hydrogens (tertiary/aromatic N) is 4. The van der Waals surface area contributed by atoms with Crippen LogP contribution in [0.4, 0.5) is 5.69 Å². The Kier molecular flexibility index (Phi) is 5.27. The molecule has 2 aromatic rings. The molecule has 6 nitrogen and oxygen atoms in total. The highest BCUT2D eigenvalue weighted by atomic mass is 16.5. The highest BCUT2D eigenvalue weighted by Gasteiger charge is 2.25. The maximum Gasteiger partial charge on any atom is 0.222 e. The van der Waals surface area contributed by atoms with E-state index < -0.39 is 6.10 Å². The van der Waals surface area contributed by atoms with E-state index >= 15 is 0 Å². The number of hydrogen-bond acceptors (Lipinski definition) is 4. The Labute approximate surface area is 150 Å². The Balaban J connectivity index is 1.85.